The van der Waals surface area contributed by atoms with Gasteiger partial charge in [0.05, 0.1) is 0 Å². The van der Waals surface area contributed by atoms with Crippen LogP contribution in [0.3, 0.4) is 0 Å². The van der Waals surface area contributed by atoms with Crippen molar-refractivity contribution < 1.29 is 14.6 Å². The van der Waals surface area contributed by atoms with E-state index in [-0.39, 0.29) is 28.6 Å². The van der Waals surface area contributed by atoms with Gasteiger partial charge in [0.15, 0.2) is 5.82 Å². The molecule has 0 unspecified atom stereocenters. The summed E-state index contributed by atoms with van der Waals surface area (Å²) in [4.78, 5) is 18.0. The fraction of sp³-hybridized carbons (Fsp3) is 0.690. The van der Waals surface area contributed by atoms with Crippen molar-refractivity contribution in [3.8, 4) is 17.1 Å². The zero-order chi connectivity index (χ0) is 26.1. The lowest BCUT2D eigenvalue weighted by molar-refractivity contribution is 0.0691. The maximum Gasteiger partial charge on any atom is 0.291 e. The molecular weight excluding hydrogens is 452 g/mol. The van der Waals surface area contributed by atoms with E-state index in [1.807, 2.05) is 16.8 Å². The maximum atomic E-state index is 13.2. The van der Waals surface area contributed by atoms with Gasteiger partial charge in [-0.05, 0) is 54.6 Å². The second-order valence-corrected chi connectivity index (χ2v) is 12.7. The van der Waals surface area contributed by atoms with Crippen molar-refractivity contribution in [1.29, 1.82) is 0 Å². The minimum atomic E-state index is -0.252. The Hall–Kier alpha value is -2.41. The third kappa shape index (κ3) is 6.10. The van der Waals surface area contributed by atoms with Gasteiger partial charge in [0.2, 0.25) is 5.82 Å². The van der Waals surface area contributed by atoms with Crippen molar-refractivity contribution in [2.75, 3.05) is 13.2 Å². The number of amides is 1. The summed E-state index contributed by atoms with van der Waals surface area (Å²) in [7, 11) is 0. The number of phenols is 1. The SMILES string of the molecule is CC(C)(C)c1cc(-c2nc(C(=O)NC3CCOCC3)nn2CC2CCCCC2)cc(C(C)(C)C)c1O. The molecule has 1 aromatic carbocycles. The van der Waals surface area contributed by atoms with Gasteiger partial charge in [0.25, 0.3) is 5.91 Å². The third-order valence-corrected chi connectivity index (χ3v) is 7.57. The van der Waals surface area contributed by atoms with Crippen LogP contribution in [-0.4, -0.2) is 45.0 Å². The van der Waals surface area contributed by atoms with Crippen LogP contribution in [0.4, 0.5) is 0 Å². The number of hydrogen-bond donors (Lipinski definition) is 2. The summed E-state index contributed by atoms with van der Waals surface area (Å²) in [5.74, 6) is 1.57. The number of aromatic hydroxyl groups is 1. The van der Waals surface area contributed by atoms with Crippen LogP contribution in [0.2, 0.25) is 0 Å². The molecule has 0 bridgehead atoms. The average Bonchev–Trinajstić information content (AvgIpc) is 3.23. The van der Waals surface area contributed by atoms with Crippen molar-refractivity contribution in [2.45, 2.75) is 110 Å². The smallest absolute Gasteiger partial charge is 0.291 e. The van der Waals surface area contributed by atoms with Gasteiger partial charge in [-0.1, -0.05) is 60.8 Å². The van der Waals surface area contributed by atoms with E-state index < -0.39 is 0 Å². The number of aromatic nitrogens is 3. The lowest BCUT2D eigenvalue weighted by Gasteiger charge is -2.28. The highest BCUT2D eigenvalue weighted by molar-refractivity contribution is 5.91. The highest BCUT2D eigenvalue weighted by Gasteiger charge is 2.29. The molecule has 1 amide bonds. The van der Waals surface area contributed by atoms with Gasteiger partial charge in [-0.3, -0.25) is 4.79 Å². The maximum absolute atomic E-state index is 13.2. The number of nitrogens with one attached hydrogen (secondary N) is 1. The normalized spacial score (nSPS) is 18.4. The number of phenolic OH excluding ortho intramolecular Hbond substituents is 1. The highest BCUT2D eigenvalue weighted by atomic mass is 16.5. The Morgan fingerprint density at radius 3 is 2.14 bits per heavy atom. The van der Waals surface area contributed by atoms with Crippen molar-refractivity contribution in [1.82, 2.24) is 20.1 Å². The van der Waals surface area contributed by atoms with Crippen molar-refractivity contribution in [2.24, 2.45) is 5.92 Å². The first-order valence-electron chi connectivity index (χ1n) is 13.7. The molecule has 1 saturated heterocycles. The second-order valence-electron chi connectivity index (χ2n) is 12.7. The number of carbonyl (C=O) groups is 1. The van der Waals surface area contributed by atoms with E-state index in [0.29, 0.717) is 30.7 Å². The van der Waals surface area contributed by atoms with Crippen LogP contribution < -0.4 is 5.32 Å². The van der Waals surface area contributed by atoms with E-state index in [2.05, 4.69) is 46.9 Å². The van der Waals surface area contributed by atoms with Crippen molar-refractivity contribution in [3.05, 3.63) is 29.1 Å². The number of rotatable bonds is 5. The molecule has 2 N–H and O–H groups in total. The van der Waals surface area contributed by atoms with Crippen LogP contribution in [0, 0.1) is 5.92 Å². The molecule has 1 aromatic heterocycles. The summed E-state index contributed by atoms with van der Waals surface area (Å²) in [6.07, 6.45) is 7.76. The summed E-state index contributed by atoms with van der Waals surface area (Å²) in [6, 6.07) is 4.16. The molecule has 4 rings (SSSR count). The fourth-order valence-electron chi connectivity index (χ4n) is 5.39. The average molecular weight is 497 g/mol. The van der Waals surface area contributed by atoms with E-state index in [9.17, 15) is 9.90 Å². The molecule has 0 atom stereocenters. The Labute approximate surface area is 216 Å². The summed E-state index contributed by atoms with van der Waals surface area (Å²) in [5.41, 5.74) is 2.15. The first-order valence-corrected chi connectivity index (χ1v) is 13.7. The molecule has 1 aliphatic heterocycles. The molecule has 7 heteroatoms. The first kappa shape index (κ1) is 26.6. The second kappa shape index (κ2) is 10.5. The molecule has 7 nitrogen and oxygen atoms in total. The van der Waals surface area contributed by atoms with Gasteiger partial charge in [-0.15, -0.1) is 5.10 Å². The molecule has 1 saturated carbocycles. The predicted octanol–water partition coefficient (Wildman–Crippen LogP) is 5.73. The molecule has 2 aromatic rings. The van der Waals surface area contributed by atoms with Gasteiger partial charge in [0, 0.05) is 42.5 Å². The quantitative estimate of drug-likeness (QED) is 0.551. The van der Waals surface area contributed by atoms with E-state index in [4.69, 9.17) is 14.8 Å². The molecule has 198 valence electrons. The van der Waals surface area contributed by atoms with Gasteiger partial charge in [-0.2, -0.15) is 0 Å². The number of hydrogen-bond acceptors (Lipinski definition) is 5. The molecule has 2 heterocycles. The predicted molar refractivity (Wildman–Crippen MR) is 142 cm³/mol. The van der Waals surface area contributed by atoms with Crippen LogP contribution in [0.25, 0.3) is 11.4 Å². The first-order chi connectivity index (χ1) is 16.9. The van der Waals surface area contributed by atoms with Crippen molar-refractivity contribution in [3.63, 3.8) is 0 Å². The van der Waals surface area contributed by atoms with Crippen LogP contribution in [-0.2, 0) is 22.1 Å². The number of carbonyl (C=O) groups excluding carboxylic acids is 1. The zero-order valence-electron chi connectivity index (χ0n) is 23.0. The molecular formula is C29H44N4O3. The molecule has 0 spiro atoms. The standard InChI is InChI=1S/C29H44N4O3/c1-28(2,3)22-16-20(17-23(24(22)34)29(4,5)6)26-31-25(27(35)30-21-12-14-36-15-13-21)32-33(26)18-19-10-8-7-9-11-19/h16-17,19,21,34H,7-15,18H2,1-6H3,(H,30,35). The van der Waals surface area contributed by atoms with E-state index >= 15 is 0 Å². The Morgan fingerprint density at radius 2 is 1.58 bits per heavy atom. The van der Waals surface area contributed by atoms with Crippen LogP contribution >= 0.6 is 0 Å². The Bertz CT molecular complexity index is 1030. The van der Waals surface area contributed by atoms with Crippen LogP contribution in [0.5, 0.6) is 5.75 Å². The van der Waals surface area contributed by atoms with Gasteiger partial charge in [-0.25, -0.2) is 9.67 Å². The fourth-order valence-corrected chi connectivity index (χ4v) is 5.39. The molecule has 1 aliphatic carbocycles. The van der Waals surface area contributed by atoms with Crippen LogP contribution in [0.1, 0.15) is 108 Å². The molecule has 2 fully saturated rings. The minimum absolute atomic E-state index is 0.0913. The van der Waals surface area contributed by atoms with Crippen molar-refractivity contribution >= 4 is 5.91 Å². The minimum Gasteiger partial charge on any atom is -0.507 e. The summed E-state index contributed by atoms with van der Waals surface area (Å²) >= 11 is 0. The van der Waals surface area contributed by atoms with E-state index in [1.54, 1.807) is 0 Å². The number of nitrogens with zero attached hydrogens (tertiary/aromatic N) is 3. The van der Waals surface area contributed by atoms with Gasteiger partial charge in [0.1, 0.15) is 5.75 Å². The lowest BCUT2D eigenvalue weighted by atomic mass is 9.78. The Kier molecular flexibility index (Phi) is 7.79. The third-order valence-electron chi connectivity index (χ3n) is 7.57. The van der Waals surface area contributed by atoms with Gasteiger partial charge < -0.3 is 15.2 Å². The molecule has 36 heavy (non-hydrogen) atoms. The monoisotopic (exact) mass is 496 g/mol. The number of ether oxygens (including phenoxy) is 1. The lowest BCUT2D eigenvalue weighted by Crippen LogP contribution is -2.39. The highest BCUT2D eigenvalue weighted by Crippen LogP contribution is 2.42. The Morgan fingerprint density at radius 1 is 1.00 bits per heavy atom. The van der Waals surface area contributed by atoms with Gasteiger partial charge >= 0.3 is 0 Å². The van der Waals surface area contributed by atoms with E-state index in [0.717, 1.165) is 36.1 Å². The number of benzene rings is 1. The summed E-state index contributed by atoms with van der Waals surface area (Å²) < 4.78 is 7.38. The molecule has 2 aliphatic rings. The molecule has 0 radical (unpaired) electrons. The summed E-state index contributed by atoms with van der Waals surface area (Å²) in [6.45, 7) is 14.7. The largest absolute Gasteiger partial charge is 0.507 e. The topological polar surface area (TPSA) is 89.3 Å². The Balaban J connectivity index is 1.77. The van der Waals surface area contributed by atoms with E-state index in [1.165, 1.54) is 32.1 Å². The zero-order valence-corrected chi connectivity index (χ0v) is 23.0. The summed E-state index contributed by atoms with van der Waals surface area (Å²) in [5, 5.41) is 19.1. The van der Waals surface area contributed by atoms with Crippen LogP contribution in [0.15, 0.2) is 12.1 Å².